The molecule has 0 aromatic heterocycles. The van der Waals surface area contributed by atoms with Gasteiger partial charge in [-0.1, -0.05) is 30.7 Å². The van der Waals surface area contributed by atoms with Gasteiger partial charge in [0.05, 0.1) is 6.10 Å². The van der Waals surface area contributed by atoms with Crippen LogP contribution in [0.2, 0.25) is 0 Å². The van der Waals surface area contributed by atoms with Crippen molar-refractivity contribution < 1.29 is 15.1 Å². The van der Waals surface area contributed by atoms with Crippen molar-refractivity contribution in [3.63, 3.8) is 0 Å². The Bertz CT molecular complexity index is 610. The van der Waals surface area contributed by atoms with E-state index < -0.39 is 0 Å². The zero-order valence-electron chi connectivity index (χ0n) is 14.1. The molecule has 0 radical (unpaired) electrons. The molecule has 0 aliphatic heterocycles. The third kappa shape index (κ3) is 1.93. The second-order valence-electron chi connectivity index (χ2n) is 8.69. The number of hydrogen-bond donors (Lipinski definition) is 2. The molecule has 2 N–H and O–H groups in total. The predicted molar refractivity (Wildman–Crippen MR) is 87.3 cm³/mol. The number of Topliss-reactive ketones (excluding diaryl/α,β-unsaturated/α-hetero) is 1. The van der Waals surface area contributed by atoms with E-state index in [1.807, 2.05) is 0 Å². The highest BCUT2D eigenvalue weighted by molar-refractivity contribution is 6.43. The Labute approximate surface area is 137 Å². The van der Waals surface area contributed by atoms with E-state index >= 15 is 0 Å². The van der Waals surface area contributed by atoms with Crippen LogP contribution in [0.4, 0.5) is 0 Å². The molecule has 4 aliphatic carbocycles. The minimum Gasteiger partial charge on any atom is -0.411 e. The van der Waals surface area contributed by atoms with Crippen molar-refractivity contribution in [3.8, 4) is 0 Å². The van der Waals surface area contributed by atoms with E-state index in [2.05, 4.69) is 25.1 Å². The minimum absolute atomic E-state index is 0.0717. The number of hydrogen-bond acceptors (Lipinski definition) is 4. The second-order valence-corrected chi connectivity index (χ2v) is 8.69. The lowest BCUT2D eigenvalue weighted by Crippen LogP contribution is -2.50. The van der Waals surface area contributed by atoms with Gasteiger partial charge in [-0.15, -0.1) is 0 Å². The molecule has 23 heavy (non-hydrogen) atoms. The van der Waals surface area contributed by atoms with E-state index in [1.54, 1.807) is 0 Å². The topological polar surface area (TPSA) is 69.9 Å². The van der Waals surface area contributed by atoms with Gasteiger partial charge in [-0.25, -0.2) is 0 Å². The number of allylic oxidation sites excluding steroid dienone is 1. The van der Waals surface area contributed by atoms with E-state index in [1.165, 1.54) is 5.57 Å². The molecule has 0 bridgehead atoms. The van der Waals surface area contributed by atoms with Gasteiger partial charge in [0, 0.05) is 11.8 Å². The number of oxime groups is 1. The van der Waals surface area contributed by atoms with Crippen LogP contribution in [0.5, 0.6) is 0 Å². The maximum Gasteiger partial charge on any atom is 0.186 e. The van der Waals surface area contributed by atoms with Crippen LogP contribution in [-0.2, 0) is 4.79 Å². The van der Waals surface area contributed by atoms with Crippen molar-refractivity contribution in [1.82, 2.24) is 0 Å². The van der Waals surface area contributed by atoms with Crippen LogP contribution >= 0.6 is 0 Å². The number of carbonyl (C=O) groups is 1. The maximum absolute atomic E-state index is 12.6. The van der Waals surface area contributed by atoms with Gasteiger partial charge >= 0.3 is 0 Å². The van der Waals surface area contributed by atoms with Crippen molar-refractivity contribution >= 4 is 11.5 Å². The van der Waals surface area contributed by atoms with Crippen molar-refractivity contribution in [2.45, 2.75) is 64.9 Å². The molecule has 0 aromatic carbocycles. The molecule has 3 saturated carbocycles. The molecular formula is C19H27NO3. The molecule has 0 saturated heterocycles. The minimum atomic E-state index is -0.335. The van der Waals surface area contributed by atoms with Crippen molar-refractivity contribution in [2.75, 3.05) is 0 Å². The van der Waals surface area contributed by atoms with Crippen LogP contribution in [0.3, 0.4) is 0 Å². The maximum atomic E-state index is 12.6. The zero-order chi connectivity index (χ0) is 16.4. The third-order valence-corrected chi connectivity index (χ3v) is 7.78. The van der Waals surface area contributed by atoms with Gasteiger partial charge in [-0.3, -0.25) is 4.79 Å². The number of aliphatic hydroxyl groups is 1. The first-order chi connectivity index (χ1) is 10.9. The van der Waals surface area contributed by atoms with E-state index in [9.17, 15) is 15.1 Å². The Kier molecular flexibility index (Phi) is 3.29. The monoisotopic (exact) mass is 317 g/mol. The van der Waals surface area contributed by atoms with Crippen molar-refractivity contribution in [1.29, 1.82) is 0 Å². The Morgan fingerprint density at radius 3 is 2.61 bits per heavy atom. The number of ketones is 1. The zero-order valence-corrected chi connectivity index (χ0v) is 14.1. The first kappa shape index (κ1) is 15.4. The molecule has 0 spiro atoms. The highest BCUT2D eigenvalue weighted by atomic mass is 16.4. The van der Waals surface area contributed by atoms with Crippen LogP contribution in [0.25, 0.3) is 0 Å². The third-order valence-electron chi connectivity index (χ3n) is 7.78. The fraction of sp³-hybridized carbons (Fsp3) is 0.789. The van der Waals surface area contributed by atoms with E-state index in [4.69, 9.17) is 0 Å². The van der Waals surface area contributed by atoms with Crippen LogP contribution < -0.4 is 0 Å². The van der Waals surface area contributed by atoms with Gasteiger partial charge in [-0.05, 0) is 61.7 Å². The predicted octanol–water partition coefficient (Wildman–Crippen LogP) is 3.32. The van der Waals surface area contributed by atoms with E-state index in [-0.39, 0.29) is 22.7 Å². The summed E-state index contributed by atoms with van der Waals surface area (Å²) in [7, 11) is 0. The molecule has 4 heteroatoms. The first-order valence-electron chi connectivity index (χ1n) is 9.03. The molecule has 126 valence electrons. The van der Waals surface area contributed by atoms with E-state index in [0.717, 1.165) is 38.5 Å². The number of nitrogens with zero attached hydrogens (tertiary/aromatic N) is 1. The fourth-order valence-electron chi connectivity index (χ4n) is 6.34. The van der Waals surface area contributed by atoms with Crippen molar-refractivity contribution in [3.05, 3.63) is 11.6 Å². The summed E-state index contributed by atoms with van der Waals surface area (Å²) in [5.41, 5.74) is 1.68. The molecule has 4 nitrogen and oxygen atoms in total. The molecule has 4 aliphatic rings. The Morgan fingerprint density at radius 1 is 1.13 bits per heavy atom. The summed E-state index contributed by atoms with van der Waals surface area (Å²) >= 11 is 0. The molecule has 6 atom stereocenters. The summed E-state index contributed by atoms with van der Waals surface area (Å²) < 4.78 is 0. The summed E-state index contributed by atoms with van der Waals surface area (Å²) in [6, 6.07) is 0. The van der Waals surface area contributed by atoms with Gasteiger partial charge in [0.15, 0.2) is 5.78 Å². The van der Waals surface area contributed by atoms with Gasteiger partial charge < -0.3 is 10.3 Å². The van der Waals surface area contributed by atoms with Crippen LogP contribution in [-0.4, -0.2) is 27.9 Å². The smallest absolute Gasteiger partial charge is 0.186 e. The molecule has 0 heterocycles. The number of fused-ring (bicyclic) bond motifs is 5. The molecule has 3 fully saturated rings. The number of rotatable bonds is 0. The van der Waals surface area contributed by atoms with Crippen LogP contribution in [0.1, 0.15) is 58.8 Å². The van der Waals surface area contributed by atoms with Gasteiger partial charge in [0.25, 0.3) is 0 Å². The molecule has 0 amide bonds. The summed E-state index contributed by atoms with van der Waals surface area (Å²) in [6.07, 6.45) is 8.57. The fourth-order valence-corrected chi connectivity index (χ4v) is 6.34. The molecule has 0 unspecified atom stereocenters. The van der Waals surface area contributed by atoms with Crippen LogP contribution in [0, 0.1) is 28.6 Å². The van der Waals surface area contributed by atoms with E-state index in [0.29, 0.717) is 29.9 Å². The highest BCUT2D eigenvalue weighted by Crippen LogP contribution is 2.63. The SMILES string of the molecule is C[C@]12CC[C@H](O)CC1=CC[C@@H]1[C@@H]2CC[C@]2(C)C(=O)/C(=N/O)C[C@@H]12. The highest BCUT2D eigenvalue weighted by Gasteiger charge is 2.60. The second kappa shape index (κ2) is 4.92. The van der Waals surface area contributed by atoms with Crippen molar-refractivity contribution in [2.24, 2.45) is 33.7 Å². The van der Waals surface area contributed by atoms with Crippen LogP contribution in [0.15, 0.2) is 16.8 Å². The average molecular weight is 317 g/mol. The summed E-state index contributed by atoms with van der Waals surface area (Å²) in [5.74, 6) is 1.48. The Morgan fingerprint density at radius 2 is 1.87 bits per heavy atom. The Hall–Kier alpha value is -1.16. The quantitative estimate of drug-likeness (QED) is 0.409. The van der Waals surface area contributed by atoms with Gasteiger partial charge in [-0.2, -0.15) is 0 Å². The summed E-state index contributed by atoms with van der Waals surface area (Å²) in [5, 5.41) is 22.5. The summed E-state index contributed by atoms with van der Waals surface area (Å²) in [4.78, 5) is 12.6. The largest absolute Gasteiger partial charge is 0.411 e. The Balaban J connectivity index is 1.71. The normalized spacial score (nSPS) is 51.0. The molecule has 0 aromatic rings. The molecular weight excluding hydrogens is 290 g/mol. The lowest BCUT2D eigenvalue weighted by molar-refractivity contribution is -0.128. The molecule has 4 rings (SSSR count). The summed E-state index contributed by atoms with van der Waals surface area (Å²) in [6.45, 7) is 4.46. The van der Waals surface area contributed by atoms with Gasteiger partial charge in [0.1, 0.15) is 5.71 Å². The first-order valence-corrected chi connectivity index (χ1v) is 9.03. The number of aliphatic hydroxyl groups excluding tert-OH is 1. The number of carbonyl (C=O) groups excluding carboxylic acids is 1. The van der Waals surface area contributed by atoms with Gasteiger partial charge in [0.2, 0.25) is 0 Å². The average Bonchev–Trinajstić information content (AvgIpc) is 2.79. The standard InChI is InChI=1S/C19H27NO3/c1-18-7-5-12(21)9-11(18)3-4-13-14(18)6-8-19(2)15(13)10-16(20-23)17(19)22/h3,12-15,21,23H,4-10H2,1-2H3/b20-16+/t12-,13+,14-,15-,18-,19-/m0/s1. The lowest BCUT2D eigenvalue weighted by Gasteiger charge is -2.56. The lowest BCUT2D eigenvalue weighted by atomic mass is 9.48.